The van der Waals surface area contributed by atoms with Gasteiger partial charge in [0.1, 0.15) is 5.69 Å². The third kappa shape index (κ3) is 4.21. The number of hydrogen-bond acceptors (Lipinski definition) is 5. The van der Waals surface area contributed by atoms with Crippen molar-refractivity contribution in [1.29, 1.82) is 0 Å². The van der Waals surface area contributed by atoms with Crippen LogP contribution in [0.15, 0.2) is 82.9 Å². The predicted molar refractivity (Wildman–Crippen MR) is 104 cm³/mol. The first-order chi connectivity index (χ1) is 12.9. The van der Waals surface area contributed by atoms with Gasteiger partial charge in [0.2, 0.25) is 0 Å². The SMILES string of the molecule is O=Nc1ccc(NS(=O)(=O)c2ccc(Cl)cc2)c(C(=O)c2ccccc2)c1. The average molecular weight is 401 g/mol. The topological polar surface area (TPSA) is 92.7 Å². The molecule has 3 aromatic carbocycles. The maximum Gasteiger partial charge on any atom is 0.261 e. The molecule has 0 amide bonds. The number of benzene rings is 3. The standard InChI is InChI=1S/C19H13ClN2O4S/c20-14-6-9-16(10-7-14)27(25,26)22-18-11-8-15(21-24)12-17(18)19(23)13-4-2-1-3-5-13/h1-12,22H. The van der Waals surface area contributed by atoms with Crippen molar-refractivity contribution in [3.05, 3.63) is 93.9 Å². The van der Waals surface area contributed by atoms with E-state index in [0.29, 0.717) is 10.6 Å². The van der Waals surface area contributed by atoms with Crippen LogP contribution in [-0.4, -0.2) is 14.2 Å². The van der Waals surface area contributed by atoms with Gasteiger partial charge in [-0.15, -0.1) is 4.91 Å². The number of rotatable bonds is 6. The van der Waals surface area contributed by atoms with Crippen molar-refractivity contribution >= 4 is 38.8 Å². The number of nitroso groups, excluding NO2 is 1. The Morgan fingerprint density at radius 2 is 1.59 bits per heavy atom. The van der Waals surface area contributed by atoms with Gasteiger partial charge in [-0.2, -0.15) is 0 Å². The summed E-state index contributed by atoms with van der Waals surface area (Å²) >= 11 is 5.79. The largest absolute Gasteiger partial charge is 0.289 e. The third-order valence-corrected chi connectivity index (χ3v) is 5.39. The van der Waals surface area contributed by atoms with E-state index in [9.17, 15) is 18.1 Å². The fourth-order valence-corrected chi connectivity index (χ4v) is 3.63. The first-order valence-electron chi connectivity index (χ1n) is 7.76. The van der Waals surface area contributed by atoms with Crippen molar-refractivity contribution < 1.29 is 13.2 Å². The number of carbonyl (C=O) groups is 1. The molecule has 0 aliphatic heterocycles. The van der Waals surface area contributed by atoms with Gasteiger partial charge in [0, 0.05) is 16.1 Å². The molecule has 0 unspecified atom stereocenters. The Hall–Kier alpha value is -3.03. The van der Waals surface area contributed by atoms with Crippen LogP contribution in [0.4, 0.5) is 11.4 Å². The molecule has 136 valence electrons. The average Bonchev–Trinajstić information content (AvgIpc) is 2.68. The van der Waals surface area contributed by atoms with Gasteiger partial charge in [-0.1, -0.05) is 41.9 Å². The molecule has 0 saturated heterocycles. The van der Waals surface area contributed by atoms with E-state index < -0.39 is 15.8 Å². The molecule has 0 bridgehead atoms. The minimum Gasteiger partial charge on any atom is -0.289 e. The van der Waals surface area contributed by atoms with Crippen molar-refractivity contribution in [2.45, 2.75) is 4.90 Å². The summed E-state index contributed by atoms with van der Waals surface area (Å²) in [4.78, 5) is 23.7. The van der Waals surface area contributed by atoms with Gasteiger partial charge in [-0.25, -0.2) is 8.42 Å². The van der Waals surface area contributed by atoms with Gasteiger partial charge >= 0.3 is 0 Å². The van der Waals surface area contributed by atoms with Crippen molar-refractivity contribution in [1.82, 2.24) is 0 Å². The van der Waals surface area contributed by atoms with Crippen LogP contribution in [0.3, 0.4) is 0 Å². The van der Waals surface area contributed by atoms with Gasteiger partial charge in [-0.3, -0.25) is 9.52 Å². The van der Waals surface area contributed by atoms with E-state index >= 15 is 0 Å². The number of ketones is 1. The molecule has 1 N–H and O–H groups in total. The van der Waals surface area contributed by atoms with Gasteiger partial charge in [0.15, 0.2) is 5.78 Å². The number of sulfonamides is 1. The molecule has 3 aromatic rings. The highest BCUT2D eigenvalue weighted by atomic mass is 35.5. The van der Waals surface area contributed by atoms with Crippen LogP contribution >= 0.6 is 11.6 Å². The summed E-state index contributed by atoms with van der Waals surface area (Å²) < 4.78 is 27.6. The lowest BCUT2D eigenvalue weighted by Crippen LogP contribution is -2.16. The molecular formula is C19H13ClN2O4S. The molecule has 0 radical (unpaired) electrons. The van der Waals surface area contributed by atoms with Crippen molar-refractivity contribution in [2.75, 3.05) is 4.72 Å². The van der Waals surface area contributed by atoms with Crippen LogP contribution in [0.5, 0.6) is 0 Å². The summed E-state index contributed by atoms with van der Waals surface area (Å²) in [6.07, 6.45) is 0. The van der Waals surface area contributed by atoms with Crippen molar-refractivity contribution in [3.63, 3.8) is 0 Å². The number of nitrogens with zero attached hydrogens (tertiary/aromatic N) is 1. The van der Waals surface area contributed by atoms with Gasteiger partial charge in [0.25, 0.3) is 10.0 Å². The quantitative estimate of drug-likeness (QED) is 0.476. The lowest BCUT2D eigenvalue weighted by Gasteiger charge is -2.13. The van der Waals surface area contributed by atoms with E-state index in [4.69, 9.17) is 11.6 Å². The Morgan fingerprint density at radius 3 is 2.22 bits per heavy atom. The van der Waals surface area contributed by atoms with Gasteiger partial charge in [0.05, 0.1) is 10.6 Å². The summed E-state index contributed by atoms with van der Waals surface area (Å²) in [7, 11) is -3.96. The molecule has 27 heavy (non-hydrogen) atoms. The number of anilines is 1. The lowest BCUT2D eigenvalue weighted by atomic mass is 10.0. The van der Waals surface area contributed by atoms with E-state index in [1.807, 2.05) is 0 Å². The summed E-state index contributed by atoms with van der Waals surface area (Å²) in [5.41, 5.74) is 0.443. The van der Waals surface area contributed by atoms with Crippen molar-refractivity contribution in [3.8, 4) is 0 Å². The Morgan fingerprint density at radius 1 is 0.926 bits per heavy atom. The summed E-state index contributed by atoms with van der Waals surface area (Å²) in [5.74, 6) is -0.435. The third-order valence-electron chi connectivity index (χ3n) is 3.76. The molecule has 8 heteroatoms. The highest BCUT2D eigenvalue weighted by molar-refractivity contribution is 7.92. The van der Waals surface area contributed by atoms with E-state index in [1.54, 1.807) is 30.3 Å². The van der Waals surface area contributed by atoms with E-state index in [0.717, 1.165) is 0 Å². The Labute approximate surface area is 160 Å². The minimum absolute atomic E-state index is 0.0115. The Kier molecular flexibility index (Phi) is 5.34. The fraction of sp³-hybridized carbons (Fsp3) is 0. The number of hydrogen-bond donors (Lipinski definition) is 1. The number of halogens is 1. The molecule has 6 nitrogen and oxygen atoms in total. The van der Waals surface area contributed by atoms with Gasteiger partial charge in [-0.05, 0) is 47.6 Å². The second-order valence-electron chi connectivity index (χ2n) is 5.58. The summed E-state index contributed by atoms with van der Waals surface area (Å²) in [6, 6.07) is 17.8. The molecule has 3 rings (SSSR count). The number of nitrogens with one attached hydrogen (secondary N) is 1. The van der Waals surface area contributed by atoms with E-state index in [-0.39, 0.29) is 21.8 Å². The Bertz CT molecular complexity index is 1100. The van der Waals surface area contributed by atoms with Gasteiger partial charge < -0.3 is 0 Å². The highest BCUT2D eigenvalue weighted by Gasteiger charge is 2.20. The van der Waals surface area contributed by atoms with Crippen LogP contribution in [0.2, 0.25) is 5.02 Å². The Balaban J connectivity index is 2.04. The first-order valence-corrected chi connectivity index (χ1v) is 9.62. The van der Waals surface area contributed by atoms with Crippen LogP contribution in [-0.2, 0) is 10.0 Å². The molecule has 0 spiro atoms. The molecule has 0 fully saturated rings. The highest BCUT2D eigenvalue weighted by Crippen LogP contribution is 2.27. The second kappa shape index (κ2) is 7.69. The van der Waals surface area contributed by atoms with E-state index in [1.165, 1.54) is 42.5 Å². The maximum atomic E-state index is 12.8. The van der Waals surface area contributed by atoms with Crippen molar-refractivity contribution in [2.24, 2.45) is 5.18 Å². The second-order valence-corrected chi connectivity index (χ2v) is 7.69. The molecule has 0 aliphatic carbocycles. The zero-order chi connectivity index (χ0) is 19.4. The zero-order valence-electron chi connectivity index (χ0n) is 13.8. The lowest BCUT2D eigenvalue weighted by molar-refractivity contribution is 0.103. The predicted octanol–water partition coefficient (Wildman–Crippen LogP) is 4.77. The zero-order valence-corrected chi connectivity index (χ0v) is 15.4. The molecule has 0 saturated carbocycles. The smallest absolute Gasteiger partial charge is 0.261 e. The first kappa shape index (κ1) is 18.8. The molecule has 0 heterocycles. The van der Waals surface area contributed by atoms with Crippen LogP contribution < -0.4 is 4.72 Å². The monoisotopic (exact) mass is 400 g/mol. The molecule has 0 aromatic heterocycles. The van der Waals surface area contributed by atoms with Crippen LogP contribution in [0, 0.1) is 4.91 Å². The molecule has 0 aliphatic rings. The molecule has 0 atom stereocenters. The van der Waals surface area contributed by atoms with Crippen LogP contribution in [0.25, 0.3) is 0 Å². The maximum absolute atomic E-state index is 12.8. The molecular weight excluding hydrogens is 388 g/mol. The number of carbonyl (C=O) groups excluding carboxylic acids is 1. The normalized spacial score (nSPS) is 11.0. The van der Waals surface area contributed by atoms with Crippen LogP contribution in [0.1, 0.15) is 15.9 Å². The summed E-state index contributed by atoms with van der Waals surface area (Å²) in [6.45, 7) is 0. The summed E-state index contributed by atoms with van der Waals surface area (Å²) in [5, 5.41) is 3.22. The van der Waals surface area contributed by atoms with E-state index in [2.05, 4.69) is 9.90 Å². The minimum atomic E-state index is -3.96. The fourth-order valence-electron chi connectivity index (χ4n) is 2.43.